The number of carbonyl (C=O) groups excluding carboxylic acids is 1. The smallest absolute Gasteiger partial charge is 0.261 e. The van der Waals surface area contributed by atoms with Crippen LogP contribution >= 0.6 is 10.7 Å². The molecule has 0 saturated heterocycles. The number of benzene rings is 1. The van der Waals surface area contributed by atoms with E-state index < -0.39 is 9.05 Å². The molecule has 0 aliphatic rings. The van der Waals surface area contributed by atoms with Crippen LogP contribution in [0.4, 0.5) is 0 Å². The third kappa shape index (κ3) is 6.06. The van der Waals surface area contributed by atoms with Gasteiger partial charge in [0.05, 0.1) is 4.90 Å². The zero-order valence-corrected chi connectivity index (χ0v) is 14.4. The summed E-state index contributed by atoms with van der Waals surface area (Å²) in [6, 6.07) is 6.35. The number of carbonyl (C=O) groups is 1. The van der Waals surface area contributed by atoms with Crippen molar-refractivity contribution < 1.29 is 13.2 Å². The van der Waals surface area contributed by atoms with Crippen LogP contribution in [0.25, 0.3) is 0 Å². The number of nitrogens with one attached hydrogen (secondary N) is 1. The minimum absolute atomic E-state index is 0.00790. The van der Waals surface area contributed by atoms with Crippen molar-refractivity contribution in [1.82, 2.24) is 5.32 Å². The van der Waals surface area contributed by atoms with Crippen LogP contribution in [0, 0.1) is 5.41 Å². The van der Waals surface area contributed by atoms with Gasteiger partial charge in [0.1, 0.15) is 0 Å². The summed E-state index contributed by atoms with van der Waals surface area (Å²) in [6.07, 6.45) is 0.929. The molecular formula is C15H22ClNO3S. The Morgan fingerprint density at radius 1 is 1.24 bits per heavy atom. The largest absolute Gasteiger partial charge is 0.353 e. The number of rotatable bonds is 5. The van der Waals surface area contributed by atoms with Gasteiger partial charge in [-0.25, -0.2) is 8.42 Å². The molecule has 1 atom stereocenters. The SMILES string of the molecule is CC(NC(=O)CCc1ccc(S(=O)(=O)Cl)cc1)C(C)(C)C. The lowest BCUT2D eigenvalue weighted by Crippen LogP contribution is -2.41. The Bertz CT molecular complexity index is 588. The summed E-state index contributed by atoms with van der Waals surface area (Å²) < 4.78 is 22.3. The number of hydrogen-bond acceptors (Lipinski definition) is 3. The van der Waals surface area contributed by atoms with E-state index in [2.05, 4.69) is 26.1 Å². The van der Waals surface area contributed by atoms with Gasteiger partial charge in [-0.15, -0.1) is 0 Å². The highest BCUT2D eigenvalue weighted by Gasteiger charge is 2.21. The standard InChI is InChI=1S/C15H22ClNO3S/c1-11(15(2,3)4)17-14(18)10-7-12-5-8-13(9-6-12)21(16,19)20/h5-6,8-9,11H,7,10H2,1-4H3,(H,17,18). The van der Waals surface area contributed by atoms with Crippen LogP contribution in [0.15, 0.2) is 29.2 Å². The summed E-state index contributed by atoms with van der Waals surface area (Å²) in [5, 5.41) is 2.97. The van der Waals surface area contributed by atoms with Crippen molar-refractivity contribution in [2.24, 2.45) is 5.41 Å². The van der Waals surface area contributed by atoms with Crippen LogP contribution < -0.4 is 5.32 Å². The molecule has 1 aromatic rings. The summed E-state index contributed by atoms with van der Waals surface area (Å²) in [5.41, 5.74) is 0.920. The summed E-state index contributed by atoms with van der Waals surface area (Å²) >= 11 is 0. The zero-order chi connectivity index (χ0) is 16.3. The fourth-order valence-corrected chi connectivity index (χ4v) is 2.38. The minimum Gasteiger partial charge on any atom is -0.353 e. The summed E-state index contributed by atoms with van der Waals surface area (Å²) in [6.45, 7) is 8.20. The number of amides is 1. The second-order valence-electron chi connectivity index (χ2n) is 6.24. The quantitative estimate of drug-likeness (QED) is 0.843. The van der Waals surface area contributed by atoms with E-state index in [9.17, 15) is 13.2 Å². The molecule has 1 rings (SSSR count). The molecule has 118 valence electrons. The average molecular weight is 332 g/mol. The Morgan fingerprint density at radius 2 is 1.76 bits per heavy atom. The number of halogens is 1. The van der Waals surface area contributed by atoms with Crippen molar-refractivity contribution in [2.75, 3.05) is 0 Å². The Hall–Kier alpha value is -1.07. The molecule has 0 aliphatic carbocycles. The van der Waals surface area contributed by atoms with E-state index in [0.29, 0.717) is 12.8 Å². The Morgan fingerprint density at radius 3 is 2.19 bits per heavy atom. The second kappa shape index (κ2) is 6.79. The fourth-order valence-electron chi connectivity index (χ4n) is 1.61. The molecule has 0 heterocycles. The molecule has 21 heavy (non-hydrogen) atoms. The van der Waals surface area contributed by atoms with E-state index in [1.165, 1.54) is 12.1 Å². The summed E-state index contributed by atoms with van der Waals surface area (Å²) in [4.78, 5) is 11.9. The van der Waals surface area contributed by atoms with Gasteiger partial charge in [-0.3, -0.25) is 4.79 Å². The first kappa shape index (κ1) is 18.0. The molecule has 0 saturated carbocycles. The van der Waals surface area contributed by atoms with Crippen LogP contribution in [-0.4, -0.2) is 20.4 Å². The van der Waals surface area contributed by atoms with E-state index in [1.807, 2.05) is 6.92 Å². The van der Waals surface area contributed by atoms with Crippen molar-refractivity contribution in [2.45, 2.75) is 51.5 Å². The highest BCUT2D eigenvalue weighted by atomic mass is 35.7. The summed E-state index contributed by atoms with van der Waals surface area (Å²) in [5.74, 6) is -0.00790. The van der Waals surface area contributed by atoms with Crippen LogP contribution in [0.3, 0.4) is 0 Å². The van der Waals surface area contributed by atoms with Crippen molar-refractivity contribution in [3.05, 3.63) is 29.8 Å². The topological polar surface area (TPSA) is 63.2 Å². The predicted octanol–water partition coefficient (Wildman–Crippen LogP) is 3.10. The molecule has 1 amide bonds. The van der Waals surface area contributed by atoms with Crippen molar-refractivity contribution in [3.63, 3.8) is 0 Å². The van der Waals surface area contributed by atoms with Gasteiger partial charge < -0.3 is 5.32 Å². The Labute approximate surface area is 131 Å². The number of hydrogen-bond donors (Lipinski definition) is 1. The van der Waals surface area contributed by atoms with Gasteiger partial charge in [0.15, 0.2) is 0 Å². The van der Waals surface area contributed by atoms with E-state index in [4.69, 9.17) is 10.7 Å². The lowest BCUT2D eigenvalue weighted by atomic mass is 9.88. The lowest BCUT2D eigenvalue weighted by molar-refractivity contribution is -0.122. The molecule has 0 radical (unpaired) electrons. The maximum atomic E-state index is 11.9. The van der Waals surface area contributed by atoms with E-state index in [1.54, 1.807) is 12.1 Å². The van der Waals surface area contributed by atoms with Gasteiger partial charge in [0.2, 0.25) is 5.91 Å². The van der Waals surface area contributed by atoms with Crippen LogP contribution in [-0.2, 0) is 20.3 Å². The van der Waals surface area contributed by atoms with Crippen molar-refractivity contribution >= 4 is 25.6 Å². The fraction of sp³-hybridized carbons (Fsp3) is 0.533. The van der Waals surface area contributed by atoms with Gasteiger partial charge in [0, 0.05) is 23.1 Å². The normalized spacial score (nSPS) is 13.8. The molecule has 6 heteroatoms. The van der Waals surface area contributed by atoms with Gasteiger partial charge in [-0.05, 0) is 36.5 Å². The third-order valence-electron chi connectivity index (χ3n) is 3.52. The van der Waals surface area contributed by atoms with Crippen LogP contribution in [0.5, 0.6) is 0 Å². The first-order valence-corrected chi connectivity index (χ1v) is 9.14. The predicted molar refractivity (Wildman–Crippen MR) is 84.9 cm³/mol. The maximum Gasteiger partial charge on any atom is 0.261 e. The van der Waals surface area contributed by atoms with Gasteiger partial charge in [-0.1, -0.05) is 32.9 Å². The van der Waals surface area contributed by atoms with E-state index >= 15 is 0 Å². The van der Waals surface area contributed by atoms with Gasteiger partial charge >= 0.3 is 0 Å². The molecule has 1 aromatic carbocycles. The van der Waals surface area contributed by atoms with Crippen LogP contribution in [0.2, 0.25) is 0 Å². The van der Waals surface area contributed by atoms with E-state index in [-0.39, 0.29) is 22.3 Å². The first-order chi connectivity index (χ1) is 9.50. The highest BCUT2D eigenvalue weighted by Crippen LogP contribution is 2.19. The average Bonchev–Trinajstić information content (AvgIpc) is 2.34. The van der Waals surface area contributed by atoms with E-state index in [0.717, 1.165) is 5.56 Å². The lowest BCUT2D eigenvalue weighted by Gasteiger charge is -2.28. The zero-order valence-electron chi connectivity index (χ0n) is 12.8. The molecule has 0 spiro atoms. The van der Waals surface area contributed by atoms with Gasteiger partial charge in [-0.2, -0.15) is 0 Å². The molecule has 0 fully saturated rings. The summed E-state index contributed by atoms with van der Waals surface area (Å²) in [7, 11) is 1.56. The molecule has 1 N–H and O–H groups in total. The molecular weight excluding hydrogens is 310 g/mol. The monoisotopic (exact) mass is 331 g/mol. The van der Waals surface area contributed by atoms with Gasteiger partial charge in [0.25, 0.3) is 9.05 Å². The Balaban J connectivity index is 2.54. The highest BCUT2D eigenvalue weighted by molar-refractivity contribution is 8.13. The molecule has 0 aliphatic heterocycles. The Kier molecular flexibility index (Phi) is 5.82. The first-order valence-electron chi connectivity index (χ1n) is 6.83. The number of aryl methyl sites for hydroxylation is 1. The molecule has 0 aromatic heterocycles. The molecule has 0 bridgehead atoms. The molecule has 4 nitrogen and oxygen atoms in total. The van der Waals surface area contributed by atoms with Crippen LogP contribution in [0.1, 0.15) is 39.7 Å². The second-order valence-corrected chi connectivity index (χ2v) is 8.80. The minimum atomic E-state index is -3.69. The maximum absolute atomic E-state index is 11.9. The van der Waals surface area contributed by atoms with Crippen molar-refractivity contribution in [1.29, 1.82) is 0 Å². The van der Waals surface area contributed by atoms with Crippen molar-refractivity contribution in [3.8, 4) is 0 Å². The third-order valence-corrected chi connectivity index (χ3v) is 4.89. The molecule has 1 unspecified atom stereocenters.